The van der Waals surface area contributed by atoms with Crippen LogP contribution in [-0.2, 0) is 0 Å². The van der Waals surface area contributed by atoms with E-state index in [1.165, 1.54) is 0 Å². The van der Waals surface area contributed by atoms with E-state index in [1.54, 1.807) is 11.0 Å². The van der Waals surface area contributed by atoms with Crippen molar-refractivity contribution in [1.82, 2.24) is 5.32 Å². The smallest absolute Gasteiger partial charge is 0.322 e. The van der Waals surface area contributed by atoms with Gasteiger partial charge in [0.2, 0.25) is 0 Å². The third-order valence-corrected chi connectivity index (χ3v) is 3.18. The monoisotopic (exact) mass is 253 g/mol. The minimum Gasteiger partial charge on any atom is -0.333 e. The highest BCUT2D eigenvalue weighted by atomic mass is 35.5. The molecule has 2 rings (SSSR count). The lowest BCUT2D eigenvalue weighted by Gasteiger charge is -2.17. The number of nitrogens with one attached hydrogen (secondary N) is 1. The molecule has 4 nitrogen and oxygen atoms in total. The maximum atomic E-state index is 11.8. The van der Waals surface area contributed by atoms with Crippen LogP contribution in [0.2, 0.25) is 5.02 Å². The van der Waals surface area contributed by atoms with Crippen molar-refractivity contribution >= 4 is 23.3 Å². The molecule has 1 saturated heterocycles. The molecule has 0 spiro atoms. The Labute approximate surface area is 106 Å². The number of rotatable bonds is 3. The van der Waals surface area contributed by atoms with Gasteiger partial charge >= 0.3 is 6.03 Å². The standard InChI is InChI=1S/C12H16ClN3O/c1-8-6-9(13)2-3-11(8)16-7-10(4-5-14)15-12(16)17/h2-3,6,10H,4-5,7,14H2,1H3,(H,15,17). The minimum absolute atomic E-state index is 0.0612. The van der Waals surface area contributed by atoms with Crippen LogP contribution >= 0.6 is 11.6 Å². The number of amides is 2. The molecule has 1 aliphatic heterocycles. The summed E-state index contributed by atoms with van der Waals surface area (Å²) in [6.45, 7) is 3.20. The number of aryl methyl sites for hydroxylation is 1. The fourth-order valence-corrected chi connectivity index (χ4v) is 2.32. The summed E-state index contributed by atoms with van der Waals surface area (Å²) in [6.07, 6.45) is 0.800. The summed E-state index contributed by atoms with van der Waals surface area (Å²) < 4.78 is 0. The molecular formula is C12H16ClN3O. The zero-order valence-corrected chi connectivity index (χ0v) is 10.5. The van der Waals surface area contributed by atoms with Crippen LogP contribution in [0.25, 0.3) is 0 Å². The van der Waals surface area contributed by atoms with Crippen molar-refractivity contribution in [1.29, 1.82) is 0 Å². The van der Waals surface area contributed by atoms with Crippen LogP contribution < -0.4 is 16.0 Å². The second-order valence-electron chi connectivity index (χ2n) is 4.27. The largest absolute Gasteiger partial charge is 0.333 e. The first-order chi connectivity index (χ1) is 8.11. The van der Waals surface area contributed by atoms with E-state index in [0.717, 1.165) is 17.7 Å². The fourth-order valence-electron chi connectivity index (χ4n) is 2.10. The number of benzene rings is 1. The molecule has 3 N–H and O–H groups in total. The van der Waals surface area contributed by atoms with Gasteiger partial charge in [0, 0.05) is 23.3 Å². The van der Waals surface area contributed by atoms with Crippen LogP contribution in [0.5, 0.6) is 0 Å². The number of anilines is 1. The topological polar surface area (TPSA) is 58.4 Å². The Morgan fingerprint density at radius 1 is 1.59 bits per heavy atom. The first-order valence-corrected chi connectivity index (χ1v) is 6.04. The zero-order valence-electron chi connectivity index (χ0n) is 9.74. The lowest BCUT2D eigenvalue weighted by molar-refractivity contribution is 0.250. The predicted octanol–water partition coefficient (Wildman–Crippen LogP) is 1.90. The summed E-state index contributed by atoms with van der Waals surface area (Å²) in [4.78, 5) is 13.6. The molecular weight excluding hydrogens is 238 g/mol. The van der Waals surface area contributed by atoms with E-state index in [4.69, 9.17) is 17.3 Å². The van der Waals surface area contributed by atoms with E-state index in [0.29, 0.717) is 18.1 Å². The maximum absolute atomic E-state index is 11.8. The van der Waals surface area contributed by atoms with Crippen LogP contribution in [0.4, 0.5) is 10.5 Å². The summed E-state index contributed by atoms with van der Waals surface area (Å²) in [5.74, 6) is 0. The van der Waals surface area contributed by atoms with Gasteiger partial charge in [0.05, 0.1) is 0 Å². The SMILES string of the molecule is Cc1cc(Cl)ccc1N1CC(CCN)NC1=O. The van der Waals surface area contributed by atoms with Gasteiger partial charge in [0.15, 0.2) is 0 Å². The number of carbonyl (C=O) groups excluding carboxylic acids is 1. The molecule has 1 atom stereocenters. The van der Waals surface area contributed by atoms with Gasteiger partial charge in [-0.15, -0.1) is 0 Å². The number of hydrogen-bond donors (Lipinski definition) is 2. The maximum Gasteiger partial charge on any atom is 0.322 e. The van der Waals surface area contributed by atoms with E-state index < -0.39 is 0 Å². The Morgan fingerprint density at radius 2 is 2.35 bits per heavy atom. The Balaban J connectivity index is 2.20. The second kappa shape index (κ2) is 4.94. The molecule has 1 aromatic carbocycles. The highest BCUT2D eigenvalue weighted by molar-refractivity contribution is 6.30. The van der Waals surface area contributed by atoms with Crippen LogP contribution in [0.1, 0.15) is 12.0 Å². The van der Waals surface area contributed by atoms with Crippen LogP contribution in [0.3, 0.4) is 0 Å². The van der Waals surface area contributed by atoms with Crippen molar-refractivity contribution in [2.45, 2.75) is 19.4 Å². The highest BCUT2D eigenvalue weighted by Crippen LogP contribution is 2.26. The van der Waals surface area contributed by atoms with E-state index in [2.05, 4.69) is 5.32 Å². The van der Waals surface area contributed by atoms with Crippen molar-refractivity contribution < 1.29 is 4.79 Å². The molecule has 5 heteroatoms. The summed E-state index contributed by atoms with van der Waals surface area (Å²) in [5.41, 5.74) is 7.41. The first-order valence-electron chi connectivity index (χ1n) is 5.66. The van der Waals surface area contributed by atoms with Crippen molar-refractivity contribution in [2.24, 2.45) is 5.73 Å². The zero-order chi connectivity index (χ0) is 12.4. The molecule has 0 aromatic heterocycles. The summed E-state index contributed by atoms with van der Waals surface area (Å²) in [6, 6.07) is 5.62. The Kier molecular flexibility index (Phi) is 3.54. The Hall–Kier alpha value is -1.26. The van der Waals surface area contributed by atoms with Gasteiger partial charge in [-0.3, -0.25) is 4.90 Å². The van der Waals surface area contributed by atoms with E-state index in [1.807, 2.05) is 19.1 Å². The number of nitrogens with zero attached hydrogens (tertiary/aromatic N) is 1. The third-order valence-electron chi connectivity index (χ3n) is 2.94. The molecule has 92 valence electrons. The lowest BCUT2D eigenvalue weighted by atomic mass is 10.1. The van der Waals surface area contributed by atoms with Crippen LogP contribution in [-0.4, -0.2) is 25.2 Å². The molecule has 0 radical (unpaired) electrons. The molecule has 2 amide bonds. The highest BCUT2D eigenvalue weighted by Gasteiger charge is 2.29. The molecule has 0 bridgehead atoms. The average Bonchev–Trinajstić information content (AvgIpc) is 2.60. The molecule has 0 aliphatic carbocycles. The lowest BCUT2D eigenvalue weighted by Crippen LogP contribution is -2.29. The average molecular weight is 254 g/mol. The Bertz CT molecular complexity index is 436. The van der Waals surface area contributed by atoms with E-state index >= 15 is 0 Å². The second-order valence-corrected chi connectivity index (χ2v) is 4.70. The molecule has 1 heterocycles. The summed E-state index contributed by atoms with van der Waals surface area (Å²) >= 11 is 5.90. The van der Waals surface area contributed by atoms with Gasteiger partial charge in [-0.25, -0.2) is 4.79 Å². The minimum atomic E-state index is -0.0612. The third kappa shape index (κ3) is 2.53. The molecule has 1 aromatic rings. The molecule has 17 heavy (non-hydrogen) atoms. The number of nitrogens with two attached hydrogens (primary N) is 1. The van der Waals surface area contributed by atoms with E-state index in [9.17, 15) is 4.79 Å². The predicted molar refractivity (Wildman–Crippen MR) is 69.5 cm³/mol. The number of carbonyl (C=O) groups is 1. The fraction of sp³-hybridized carbons (Fsp3) is 0.417. The van der Waals surface area contributed by atoms with Crippen molar-refractivity contribution in [2.75, 3.05) is 18.0 Å². The normalized spacial score (nSPS) is 19.6. The quantitative estimate of drug-likeness (QED) is 0.864. The van der Waals surface area contributed by atoms with Crippen molar-refractivity contribution in [3.8, 4) is 0 Å². The number of hydrogen-bond acceptors (Lipinski definition) is 2. The molecule has 1 unspecified atom stereocenters. The van der Waals surface area contributed by atoms with Gasteiger partial charge in [0.1, 0.15) is 0 Å². The van der Waals surface area contributed by atoms with Crippen molar-refractivity contribution in [3.63, 3.8) is 0 Å². The Morgan fingerprint density at radius 3 is 3.00 bits per heavy atom. The summed E-state index contributed by atoms with van der Waals surface area (Å²) in [5, 5.41) is 3.60. The van der Waals surface area contributed by atoms with Gasteiger partial charge < -0.3 is 11.1 Å². The van der Waals surface area contributed by atoms with Gasteiger partial charge in [0.25, 0.3) is 0 Å². The van der Waals surface area contributed by atoms with Crippen molar-refractivity contribution in [3.05, 3.63) is 28.8 Å². The van der Waals surface area contributed by atoms with Gasteiger partial charge in [-0.1, -0.05) is 11.6 Å². The summed E-state index contributed by atoms with van der Waals surface area (Å²) in [7, 11) is 0. The molecule has 0 saturated carbocycles. The van der Waals surface area contributed by atoms with Gasteiger partial charge in [-0.2, -0.15) is 0 Å². The van der Waals surface area contributed by atoms with Crippen LogP contribution in [0.15, 0.2) is 18.2 Å². The van der Waals surface area contributed by atoms with E-state index in [-0.39, 0.29) is 12.1 Å². The number of urea groups is 1. The molecule has 1 aliphatic rings. The first kappa shape index (κ1) is 12.2. The number of halogens is 1. The molecule has 1 fully saturated rings. The van der Waals surface area contributed by atoms with Gasteiger partial charge in [-0.05, 0) is 43.7 Å². The van der Waals surface area contributed by atoms with Crippen LogP contribution in [0, 0.1) is 6.92 Å².